The van der Waals surface area contributed by atoms with E-state index in [1.165, 1.54) is 12.0 Å². The van der Waals surface area contributed by atoms with E-state index >= 15 is 0 Å². The van der Waals surface area contributed by atoms with Gasteiger partial charge in [0.05, 0.1) is 5.69 Å². The number of nitrogens with zero attached hydrogens (tertiary/aromatic N) is 3. The molecule has 2 N–H and O–H groups in total. The molecule has 1 aromatic heterocycles. The van der Waals surface area contributed by atoms with Crippen LogP contribution in [0.5, 0.6) is 0 Å². The van der Waals surface area contributed by atoms with Crippen LogP contribution in [0.3, 0.4) is 0 Å². The van der Waals surface area contributed by atoms with Gasteiger partial charge in [-0.3, -0.25) is 9.47 Å². The quantitative estimate of drug-likeness (QED) is 0.932. The van der Waals surface area contributed by atoms with Gasteiger partial charge in [0.2, 0.25) is 0 Å². The average Bonchev–Trinajstić information content (AvgIpc) is 3.19. The average molecular weight is 310 g/mol. The fraction of sp³-hybridized carbons (Fsp3) is 0.444. The highest BCUT2D eigenvalue weighted by molar-refractivity contribution is 5.34. The third kappa shape index (κ3) is 2.82. The lowest BCUT2D eigenvalue weighted by molar-refractivity contribution is 0.200. The van der Waals surface area contributed by atoms with Crippen molar-refractivity contribution < 1.29 is 0 Å². The summed E-state index contributed by atoms with van der Waals surface area (Å²) in [5, 5.41) is 0. The van der Waals surface area contributed by atoms with Gasteiger partial charge in [0.25, 0.3) is 0 Å². The first-order chi connectivity index (χ1) is 11.0. The van der Waals surface area contributed by atoms with Gasteiger partial charge in [0.15, 0.2) is 0 Å². The second-order valence-electron chi connectivity index (χ2n) is 7.01. The van der Waals surface area contributed by atoms with E-state index in [0.717, 1.165) is 37.4 Å². The monoisotopic (exact) mass is 310 g/mol. The number of aromatic nitrogens is 2. The Kier molecular flexibility index (Phi) is 3.36. The molecular weight excluding hydrogens is 288 g/mol. The topological polar surface area (TPSA) is 64.2 Å². The molecule has 4 rings (SSSR count). The van der Waals surface area contributed by atoms with E-state index in [9.17, 15) is 4.79 Å². The van der Waals surface area contributed by atoms with Crippen molar-refractivity contribution in [3.63, 3.8) is 0 Å². The van der Waals surface area contributed by atoms with Gasteiger partial charge in [-0.15, -0.1) is 0 Å². The Bertz CT molecular complexity index is 782. The second kappa shape index (κ2) is 5.28. The van der Waals surface area contributed by atoms with Crippen LogP contribution in [0.2, 0.25) is 0 Å². The number of hydrogen-bond acceptors (Lipinski definition) is 4. The Balaban J connectivity index is 1.47. The molecule has 0 radical (unpaired) electrons. The molecule has 5 heteroatoms. The van der Waals surface area contributed by atoms with Gasteiger partial charge in [-0.2, -0.15) is 4.98 Å². The zero-order chi connectivity index (χ0) is 16.0. The minimum Gasteiger partial charge on any atom is -0.325 e. The second-order valence-corrected chi connectivity index (χ2v) is 7.01. The SMILES string of the molecule is Cc1ccn(-c2ccc(CN3CCC4(N)CC4C3)cc2)c(=O)n1. The van der Waals surface area contributed by atoms with Crippen LogP contribution < -0.4 is 11.4 Å². The van der Waals surface area contributed by atoms with Crippen LogP contribution in [0.15, 0.2) is 41.3 Å². The van der Waals surface area contributed by atoms with Crippen molar-refractivity contribution in [2.75, 3.05) is 13.1 Å². The number of benzene rings is 1. The van der Waals surface area contributed by atoms with Crippen LogP contribution in [0.25, 0.3) is 5.69 Å². The van der Waals surface area contributed by atoms with Crippen molar-refractivity contribution in [2.45, 2.75) is 31.8 Å². The number of piperidine rings is 1. The third-order valence-electron chi connectivity index (χ3n) is 5.22. The Morgan fingerprint density at radius 1 is 1.30 bits per heavy atom. The molecule has 0 amide bonds. The summed E-state index contributed by atoms with van der Waals surface area (Å²) in [4.78, 5) is 18.4. The van der Waals surface area contributed by atoms with Gasteiger partial charge >= 0.3 is 5.69 Å². The zero-order valence-corrected chi connectivity index (χ0v) is 13.4. The van der Waals surface area contributed by atoms with Crippen LogP contribution in [0, 0.1) is 12.8 Å². The number of hydrogen-bond donors (Lipinski definition) is 1. The van der Waals surface area contributed by atoms with E-state index in [1.807, 2.05) is 25.1 Å². The number of rotatable bonds is 3. The van der Waals surface area contributed by atoms with Gasteiger partial charge in [0.1, 0.15) is 0 Å². The van der Waals surface area contributed by atoms with Crippen molar-refractivity contribution in [1.82, 2.24) is 14.5 Å². The number of nitrogens with two attached hydrogens (primary N) is 1. The molecule has 2 heterocycles. The number of aryl methyl sites for hydroxylation is 1. The maximum Gasteiger partial charge on any atom is 0.352 e. The Morgan fingerprint density at radius 3 is 2.78 bits per heavy atom. The van der Waals surface area contributed by atoms with Crippen LogP contribution in [0.1, 0.15) is 24.1 Å². The van der Waals surface area contributed by atoms with E-state index in [0.29, 0.717) is 5.92 Å². The molecule has 0 bridgehead atoms. The molecule has 120 valence electrons. The Labute approximate surface area is 135 Å². The summed E-state index contributed by atoms with van der Waals surface area (Å²) in [5.74, 6) is 0.688. The lowest BCUT2D eigenvalue weighted by Gasteiger charge is -2.29. The highest BCUT2D eigenvalue weighted by Gasteiger charge is 2.53. The third-order valence-corrected chi connectivity index (χ3v) is 5.22. The van der Waals surface area contributed by atoms with Crippen molar-refractivity contribution >= 4 is 0 Å². The zero-order valence-electron chi connectivity index (χ0n) is 13.4. The molecule has 1 saturated heterocycles. The fourth-order valence-corrected chi connectivity index (χ4v) is 3.57. The van der Waals surface area contributed by atoms with E-state index in [2.05, 4.69) is 22.0 Å². The molecule has 0 spiro atoms. The lowest BCUT2D eigenvalue weighted by atomic mass is 10.0. The summed E-state index contributed by atoms with van der Waals surface area (Å²) in [5.41, 5.74) is 9.03. The van der Waals surface area contributed by atoms with Gasteiger partial charge in [0, 0.05) is 37.1 Å². The highest BCUT2D eigenvalue weighted by Crippen LogP contribution is 2.47. The number of fused-ring (bicyclic) bond motifs is 1. The summed E-state index contributed by atoms with van der Waals surface area (Å²) >= 11 is 0. The van der Waals surface area contributed by atoms with Crippen molar-refractivity contribution in [2.24, 2.45) is 11.7 Å². The van der Waals surface area contributed by atoms with Gasteiger partial charge in [-0.05, 0) is 49.4 Å². The standard InChI is InChI=1S/C18H22N4O/c1-13-6-8-22(17(23)20-13)16-4-2-14(3-5-16)11-21-9-7-18(19)10-15(18)12-21/h2-6,8,15H,7,9-12,19H2,1H3. The summed E-state index contributed by atoms with van der Waals surface area (Å²) in [6.07, 6.45) is 4.07. The minimum atomic E-state index is -0.234. The predicted octanol–water partition coefficient (Wildman–Crippen LogP) is 1.46. The molecule has 1 saturated carbocycles. The summed E-state index contributed by atoms with van der Waals surface area (Å²) in [6, 6.07) is 10.0. The fourth-order valence-electron chi connectivity index (χ4n) is 3.57. The molecule has 5 nitrogen and oxygen atoms in total. The Morgan fingerprint density at radius 2 is 2.09 bits per heavy atom. The maximum absolute atomic E-state index is 11.9. The first-order valence-electron chi connectivity index (χ1n) is 8.20. The maximum atomic E-state index is 11.9. The Hall–Kier alpha value is -1.98. The molecule has 2 atom stereocenters. The molecule has 1 aromatic carbocycles. The largest absolute Gasteiger partial charge is 0.352 e. The van der Waals surface area contributed by atoms with E-state index < -0.39 is 0 Å². The first kappa shape index (κ1) is 14.6. The van der Waals surface area contributed by atoms with Crippen molar-refractivity contribution in [1.29, 1.82) is 0 Å². The minimum absolute atomic E-state index is 0.153. The van der Waals surface area contributed by atoms with Crippen LogP contribution in [0.4, 0.5) is 0 Å². The number of likely N-dealkylation sites (tertiary alicyclic amines) is 1. The summed E-state index contributed by atoms with van der Waals surface area (Å²) < 4.78 is 1.57. The molecule has 1 aliphatic heterocycles. The van der Waals surface area contributed by atoms with Gasteiger partial charge in [-0.25, -0.2) is 4.79 Å². The lowest BCUT2D eigenvalue weighted by Crippen LogP contribution is -2.41. The van der Waals surface area contributed by atoms with Gasteiger partial charge in [-0.1, -0.05) is 12.1 Å². The van der Waals surface area contributed by atoms with Gasteiger partial charge < -0.3 is 5.73 Å². The van der Waals surface area contributed by atoms with Crippen LogP contribution in [-0.4, -0.2) is 33.1 Å². The smallest absolute Gasteiger partial charge is 0.325 e. The molecule has 2 aromatic rings. The van der Waals surface area contributed by atoms with Crippen LogP contribution in [-0.2, 0) is 6.54 Å². The predicted molar refractivity (Wildman–Crippen MR) is 89.5 cm³/mol. The van der Waals surface area contributed by atoms with E-state index in [4.69, 9.17) is 5.73 Å². The van der Waals surface area contributed by atoms with E-state index in [-0.39, 0.29) is 11.2 Å². The molecule has 2 aliphatic rings. The molecule has 23 heavy (non-hydrogen) atoms. The normalized spacial score (nSPS) is 26.8. The molecular formula is C18H22N4O. The van der Waals surface area contributed by atoms with Crippen molar-refractivity contribution in [3.05, 3.63) is 58.3 Å². The van der Waals surface area contributed by atoms with Crippen LogP contribution >= 0.6 is 0 Å². The molecule has 1 aliphatic carbocycles. The first-order valence-corrected chi connectivity index (χ1v) is 8.20. The highest BCUT2D eigenvalue weighted by atomic mass is 16.1. The van der Waals surface area contributed by atoms with E-state index in [1.54, 1.807) is 10.8 Å². The molecule has 2 fully saturated rings. The van der Waals surface area contributed by atoms with Crippen molar-refractivity contribution in [3.8, 4) is 5.69 Å². The summed E-state index contributed by atoms with van der Waals surface area (Å²) in [6.45, 7) is 4.97. The molecule has 2 unspecified atom stereocenters. The summed E-state index contributed by atoms with van der Waals surface area (Å²) in [7, 11) is 0.